The van der Waals surface area contributed by atoms with Crippen molar-refractivity contribution in [2.24, 2.45) is 5.92 Å². The fourth-order valence-electron chi connectivity index (χ4n) is 2.58. The number of aliphatic hydroxyl groups is 1. The Bertz CT molecular complexity index is 706. The van der Waals surface area contributed by atoms with Crippen LogP contribution in [-0.2, 0) is 0 Å². The van der Waals surface area contributed by atoms with Gasteiger partial charge in [0.25, 0.3) is 0 Å². The van der Waals surface area contributed by atoms with Gasteiger partial charge in [0.05, 0.1) is 0 Å². The van der Waals surface area contributed by atoms with Gasteiger partial charge in [-0.15, -0.1) is 0 Å². The Morgan fingerprint density at radius 2 is 2.17 bits per heavy atom. The fourth-order valence-corrected chi connectivity index (χ4v) is 2.58. The lowest BCUT2D eigenvalue weighted by Crippen LogP contribution is -2.21. The molecule has 0 spiro atoms. The zero-order valence-corrected chi connectivity index (χ0v) is 12.6. The van der Waals surface area contributed by atoms with E-state index < -0.39 is 0 Å². The van der Waals surface area contributed by atoms with Gasteiger partial charge in [-0.3, -0.25) is 0 Å². The van der Waals surface area contributed by atoms with E-state index in [0.29, 0.717) is 28.8 Å². The molecule has 1 aliphatic rings. The van der Waals surface area contributed by atoms with Crippen LogP contribution in [0.4, 0.5) is 23.1 Å². The molecule has 1 fully saturated rings. The van der Waals surface area contributed by atoms with E-state index >= 15 is 0 Å². The van der Waals surface area contributed by atoms with Crippen LogP contribution in [-0.4, -0.2) is 46.0 Å². The number of nitrogens with two attached hydrogens (primary N) is 1. The van der Waals surface area contributed by atoms with E-state index in [9.17, 15) is 5.11 Å². The van der Waals surface area contributed by atoms with Gasteiger partial charge in [-0.2, -0.15) is 0 Å². The van der Waals surface area contributed by atoms with E-state index in [2.05, 4.69) is 25.2 Å². The van der Waals surface area contributed by atoms with Gasteiger partial charge in [-0.1, -0.05) is 0 Å². The first-order valence-electron chi connectivity index (χ1n) is 7.40. The summed E-state index contributed by atoms with van der Waals surface area (Å²) in [6.45, 7) is 1.88. The topological polar surface area (TPSA) is 124 Å². The van der Waals surface area contributed by atoms with Crippen LogP contribution in [0, 0.1) is 11.3 Å². The molecule has 1 saturated heterocycles. The van der Waals surface area contributed by atoms with Crippen molar-refractivity contribution < 1.29 is 5.11 Å². The number of rotatable bonds is 5. The average molecular weight is 313 g/mol. The third-order valence-electron chi connectivity index (χ3n) is 3.90. The fraction of sp³-hybridized carbons (Fsp3) is 0.333. The van der Waals surface area contributed by atoms with Crippen molar-refractivity contribution in [2.45, 2.75) is 6.42 Å². The predicted molar refractivity (Wildman–Crippen MR) is 89.3 cm³/mol. The van der Waals surface area contributed by atoms with Crippen molar-refractivity contribution >= 4 is 29.4 Å². The minimum Gasteiger partial charge on any atom is -0.398 e. The highest BCUT2D eigenvalue weighted by Gasteiger charge is 2.23. The standard InChI is InChI=1S/C15H19N7O/c16-5-11-6-18-13(3-12(11)17)21-14-4-15(20-9-19-14)22-2-1-10(7-22)8-23/h3-6,9-10,16,23H,1-2,7-8H2,(H3,17,18,19,20,21). The van der Waals surface area contributed by atoms with Gasteiger partial charge in [-0.25, -0.2) is 15.0 Å². The van der Waals surface area contributed by atoms with E-state index in [4.69, 9.17) is 11.1 Å². The summed E-state index contributed by atoms with van der Waals surface area (Å²) in [4.78, 5) is 14.8. The molecule has 8 heteroatoms. The lowest BCUT2D eigenvalue weighted by molar-refractivity contribution is 0.238. The Labute approximate surface area is 133 Å². The maximum atomic E-state index is 9.24. The van der Waals surface area contributed by atoms with Crippen molar-refractivity contribution in [3.05, 3.63) is 30.2 Å². The zero-order chi connectivity index (χ0) is 16.2. The lowest BCUT2D eigenvalue weighted by Gasteiger charge is -2.17. The number of hydrogen-bond acceptors (Lipinski definition) is 8. The molecule has 1 aliphatic heterocycles. The number of nitrogen functional groups attached to an aromatic ring is 1. The molecule has 0 amide bonds. The molecule has 0 radical (unpaired) electrons. The van der Waals surface area contributed by atoms with E-state index in [1.165, 1.54) is 12.5 Å². The molecule has 8 nitrogen and oxygen atoms in total. The summed E-state index contributed by atoms with van der Waals surface area (Å²) in [6.07, 6.45) is 5.17. The molecule has 0 aromatic carbocycles. The van der Waals surface area contributed by atoms with Crippen molar-refractivity contribution in [2.75, 3.05) is 35.6 Å². The molecule has 3 rings (SSSR count). The number of aliphatic hydroxyl groups excluding tert-OH is 1. The largest absolute Gasteiger partial charge is 0.398 e. The van der Waals surface area contributed by atoms with Crippen LogP contribution in [0.15, 0.2) is 24.7 Å². The highest BCUT2D eigenvalue weighted by Crippen LogP contribution is 2.24. The van der Waals surface area contributed by atoms with Gasteiger partial charge in [0.1, 0.15) is 23.8 Å². The van der Waals surface area contributed by atoms with Crippen LogP contribution in [0.3, 0.4) is 0 Å². The quantitative estimate of drug-likeness (QED) is 0.607. The van der Waals surface area contributed by atoms with Crippen molar-refractivity contribution in [1.29, 1.82) is 5.41 Å². The van der Waals surface area contributed by atoms with Gasteiger partial charge in [0.15, 0.2) is 0 Å². The molecular weight excluding hydrogens is 294 g/mol. The van der Waals surface area contributed by atoms with Gasteiger partial charge >= 0.3 is 0 Å². The number of nitrogens with one attached hydrogen (secondary N) is 2. The molecule has 120 valence electrons. The van der Waals surface area contributed by atoms with Gasteiger partial charge in [0, 0.05) is 61.4 Å². The molecule has 1 unspecified atom stereocenters. The molecule has 5 N–H and O–H groups in total. The van der Waals surface area contributed by atoms with E-state index in [-0.39, 0.29) is 6.61 Å². The number of aromatic nitrogens is 3. The Morgan fingerprint density at radius 1 is 1.35 bits per heavy atom. The monoisotopic (exact) mass is 313 g/mol. The molecule has 23 heavy (non-hydrogen) atoms. The second-order valence-corrected chi connectivity index (χ2v) is 5.51. The summed E-state index contributed by atoms with van der Waals surface area (Å²) < 4.78 is 0. The van der Waals surface area contributed by atoms with Crippen molar-refractivity contribution in [1.82, 2.24) is 15.0 Å². The van der Waals surface area contributed by atoms with Crippen molar-refractivity contribution in [3.8, 4) is 0 Å². The highest BCUT2D eigenvalue weighted by molar-refractivity contribution is 5.85. The van der Waals surface area contributed by atoms with E-state index in [1.54, 1.807) is 12.3 Å². The Balaban J connectivity index is 1.75. The minimum atomic E-state index is 0.204. The van der Waals surface area contributed by atoms with Crippen LogP contribution in [0.2, 0.25) is 0 Å². The zero-order valence-electron chi connectivity index (χ0n) is 12.6. The molecular formula is C15H19N7O. The maximum Gasteiger partial charge on any atom is 0.137 e. The van der Waals surface area contributed by atoms with Crippen LogP contribution in [0.5, 0.6) is 0 Å². The molecule has 0 bridgehead atoms. The second-order valence-electron chi connectivity index (χ2n) is 5.51. The van der Waals surface area contributed by atoms with Gasteiger partial charge in [0.2, 0.25) is 0 Å². The van der Waals surface area contributed by atoms with Crippen LogP contribution >= 0.6 is 0 Å². The lowest BCUT2D eigenvalue weighted by atomic mass is 10.1. The molecule has 2 aromatic rings. The highest BCUT2D eigenvalue weighted by atomic mass is 16.3. The van der Waals surface area contributed by atoms with E-state index in [0.717, 1.165) is 25.3 Å². The molecule has 0 saturated carbocycles. The third kappa shape index (κ3) is 3.37. The summed E-state index contributed by atoms with van der Waals surface area (Å²) in [7, 11) is 0. The number of pyridine rings is 1. The second kappa shape index (κ2) is 6.57. The first-order chi connectivity index (χ1) is 11.2. The Morgan fingerprint density at radius 3 is 2.87 bits per heavy atom. The number of anilines is 4. The van der Waals surface area contributed by atoms with Crippen molar-refractivity contribution in [3.63, 3.8) is 0 Å². The summed E-state index contributed by atoms with van der Waals surface area (Å²) in [5.74, 6) is 2.31. The smallest absolute Gasteiger partial charge is 0.137 e. The minimum absolute atomic E-state index is 0.204. The predicted octanol–water partition coefficient (Wildman–Crippen LogP) is 1.01. The van der Waals surface area contributed by atoms with Gasteiger partial charge in [-0.05, 0) is 6.42 Å². The van der Waals surface area contributed by atoms with Crippen LogP contribution in [0.1, 0.15) is 12.0 Å². The number of nitrogens with zero attached hydrogens (tertiary/aromatic N) is 4. The van der Waals surface area contributed by atoms with Crippen LogP contribution < -0.4 is 16.0 Å². The number of hydrogen-bond donors (Lipinski definition) is 4. The molecule has 3 heterocycles. The normalized spacial score (nSPS) is 17.3. The summed E-state index contributed by atoms with van der Waals surface area (Å²) in [6, 6.07) is 3.52. The Kier molecular flexibility index (Phi) is 4.33. The average Bonchev–Trinajstić information content (AvgIpc) is 3.04. The van der Waals surface area contributed by atoms with Crippen LogP contribution in [0.25, 0.3) is 0 Å². The first-order valence-corrected chi connectivity index (χ1v) is 7.40. The molecule has 2 aromatic heterocycles. The molecule has 1 atom stereocenters. The SMILES string of the molecule is N=Cc1cnc(Nc2cc(N3CCC(CO)C3)ncn2)cc1N. The first kappa shape index (κ1) is 15.2. The van der Waals surface area contributed by atoms with Gasteiger partial charge < -0.3 is 26.5 Å². The summed E-state index contributed by atoms with van der Waals surface area (Å²) in [5.41, 5.74) is 6.91. The summed E-state index contributed by atoms with van der Waals surface area (Å²) >= 11 is 0. The summed E-state index contributed by atoms with van der Waals surface area (Å²) in [5, 5.41) is 19.6. The van der Waals surface area contributed by atoms with E-state index in [1.807, 2.05) is 6.07 Å². The molecule has 0 aliphatic carbocycles. The Hall–Kier alpha value is -2.74. The maximum absolute atomic E-state index is 9.24. The third-order valence-corrected chi connectivity index (χ3v) is 3.90.